The summed E-state index contributed by atoms with van der Waals surface area (Å²) in [5.74, 6) is 2.63. The first-order chi connectivity index (χ1) is 11.1. The second-order valence-electron chi connectivity index (χ2n) is 8.38. The first-order valence-electron chi connectivity index (χ1n) is 9.40. The molecule has 23 heavy (non-hydrogen) atoms. The highest BCUT2D eigenvalue weighted by Gasteiger charge is 2.54. The number of nitrogens with zero attached hydrogens (tertiary/aromatic N) is 2. The van der Waals surface area contributed by atoms with Crippen LogP contribution in [0.1, 0.15) is 45.4 Å². The van der Waals surface area contributed by atoms with E-state index in [9.17, 15) is 4.79 Å². The number of rotatable bonds is 2. The van der Waals surface area contributed by atoms with E-state index in [2.05, 4.69) is 22.0 Å². The van der Waals surface area contributed by atoms with Gasteiger partial charge in [-0.1, -0.05) is 6.92 Å². The lowest BCUT2D eigenvalue weighted by atomic mass is 9.49. The molecule has 4 aliphatic carbocycles. The Morgan fingerprint density at radius 3 is 2.04 bits per heavy atom. The largest absolute Gasteiger partial charge is 0.346 e. The average Bonchev–Trinajstić information content (AvgIpc) is 2.53. The maximum atomic E-state index is 13.0. The summed E-state index contributed by atoms with van der Waals surface area (Å²) >= 11 is 5.56. The Morgan fingerprint density at radius 1 is 1.04 bits per heavy atom. The first kappa shape index (κ1) is 15.8. The second kappa shape index (κ2) is 5.99. The van der Waals surface area contributed by atoms with Crippen LogP contribution in [0.3, 0.4) is 0 Å². The number of hydrogen-bond donors (Lipinski definition) is 1. The summed E-state index contributed by atoms with van der Waals surface area (Å²) in [6.07, 6.45) is 7.44. The fourth-order valence-electron chi connectivity index (χ4n) is 5.96. The van der Waals surface area contributed by atoms with Gasteiger partial charge in [0.25, 0.3) is 0 Å². The molecule has 4 bridgehead atoms. The number of amides is 1. The fourth-order valence-corrected chi connectivity index (χ4v) is 6.24. The maximum absolute atomic E-state index is 13.0. The number of carbonyl (C=O) groups is 1. The third kappa shape index (κ3) is 2.91. The van der Waals surface area contributed by atoms with Crippen molar-refractivity contribution >= 4 is 23.2 Å². The molecule has 0 spiro atoms. The Balaban J connectivity index is 1.37. The molecule has 1 heterocycles. The van der Waals surface area contributed by atoms with Gasteiger partial charge in [-0.2, -0.15) is 0 Å². The minimum absolute atomic E-state index is 0.0932. The van der Waals surface area contributed by atoms with Crippen LogP contribution in [0.15, 0.2) is 0 Å². The summed E-state index contributed by atoms with van der Waals surface area (Å²) in [6.45, 7) is 7.26. The zero-order valence-corrected chi connectivity index (χ0v) is 15.0. The fraction of sp³-hybridized carbons (Fsp3) is 0.889. The third-order valence-electron chi connectivity index (χ3n) is 6.85. The highest BCUT2D eigenvalue weighted by molar-refractivity contribution is 7.80. The van der Waals surface area contributed by atoms with Crippen LogP contribution in [-0.2, 0) is 4.79 Å². The Kier molecular flexibility index (Phi) is 4.12. The highest BCUT2D eigenvalue weighted by atomic mass is 32.1. The van der Waals surface area contributed by atoms with Gasteiger partial charge in [-0.25, -0.2) is 0 Å². The number of nitrogens with one attached hydrogen (secondary N) is 1. The van der Waals surface area contributed by atoms with Crippen molar-refractivity contribution in [3.63, 3.8) is 0 Å². The van der Waals surface area contributed by atoms with Gasteiger partial charge in [0.15, 0.2) is 5.11 Å². The van der Waals surface area contributed by atoms with E-state index >= 15 is 0 Å². The van der Waals surface area contributed by atoms with Crippen molar-refractivity contribution in [2.24, 2.45) is 23.2 Å². The summed E-state index contributed by atoms with van der Waals surface area (Å²) in [7, 11) is 0. The quantitative estimate of drug-likeness (QED) is 0.785. The number of carbonyl (C=O) groups excluding carboxylic acids is 1. The Labute approximate surface area is 145 Å². The summed E-state index contributed by atoms with van der Waals surface area (Å²) < 4.78 is 0. The van der Waals surface area contributed by atoms with E-state index in [1.807, 2.05) is 0 Å². The third-order valence-corrected chi connectivity index (χ3v) is 7.21. The van der Waals surface area contributed by atoms with E-state index in [4.69, 9.17) is 12.2 Å². The van der Waals surface area contributed by atoms with Gasteiger partial charge in [-0.15, -0.1) is 0 Å². The van der Waals surface area contributed by atoms with Crippen LogP contribution in [-0.4, -0.2) is 53.5 Å². The lowest BCUT2D eigenvalue weighted by Gasteiger charge is -2.55. The zero-order valence-electron chi connectivity index (χ0n) is 14.2. The zero-order chi connectivity index (χ0) is 16.0. The second-order valence-corrected chi connectivity index (χ2v) is 8.77. The van der Waals surface area contributed by atoms with Gasteiger partial charge in [0, 0.05) is 26.2 Å². The molecule has 5 fully saturated rings. The Morgan fingerprint density at radius 2 is 1.57 bits per heavy atom. The molecule has 1 aliphatic heterocycles. The number of likely N-dealkylation sites (N-methyl/N-ethyl adjacent to an activating group) is 1. The molecule has 0 aromatic heterocycles. The van der Waals surface area contributed by atoms with E-state index in [0.29, 0.717) is 5.11 Å². The van der Waals surface area contributed by atoms with Crippen LogP contribution in [0.25, 0.3) is 0 Å². The molecule has 0 unspecified atom stereocenters. The monoisotopic (exact) mass is 335 g/mol. The molecule has 5 rings (SSSR count). The van der Waals surface area contributed by atoms with Gasteiger partial charge in [-0.3, -0.25) is 4.79 Å². The minimum atomic E-state index is -0.0932. The predicted molar refractivity (Wildman–Crippen MR) is 95.0 cm³/mol. The molecule has 0 radical (unpaired) electrons. The number of thiocarbonyl (C=S) groups is 1. The van der Waals surface area contributed by atoms with Crippen molar-refractivity contribution < 1.29 is 4.79 Å². The molecule has 5 aliphatic rings. The van der Waals surface area contributed by atoms with Crippen molar-refractivity contribution in [2.45, 2.75) is 45.4 Å². The molecule has 4 nitrogen and oxygen atoms in total. The molecule has 0 atom stereocenters. The van der Waals surface area contributed by atoms with Crippen molar-refractivity contribution in [2.75, 3.05) is 32.7 Å². The molecule has 5 heteroatoms. The average molecular weight is 336 g/mol. The van der Waals surface area contributed by atoms with Gasteiger partial charge in [0.05, 0.1) is 5.41 Å². The summed E-state index contributed by atoms with van der Waals surface area (Å²) in [6, 6.07) is 0. The SMILES string of the molecule is CCN1CCN(C(=S)NC(=O)C23CC4CC(CC(C4)C2)C3)CC1. The molecule has 0 aromatic carbocycles. The van der Waals surface area contributed by atoms with Gasteiger partial charge in [0.1, 0.15) is 0 Å². The minimum Gasteiger partial charge on any atom is -0.346 e. The van der Waals surface area contributed by atoms with Crippen LogP contribution in [0.5, 0.6) is 0 Å². The van der Waals surface area contributed by atoms with Crippen LogP contribution < -0.4 is 5.32 Å². The van der Waals surface area contributed by atoms with Gasteiger partial charge in [0.2, 0.25) is 5.91 Å². The topological polar surface area (TPSA) is 35.6 Å². The van der Waals surface area contributed by atoms with Crippen molar-refractivity contribution in [3.05, 3.63) is 0 Å². The van der Waals surface area contributed by atoms with E-state index in [1.54, 1.807) is 0 Å². The molecule has 1 N–H and O–H groups in total. The van der Waals surface area contributed by atoms with Crippen LogP contribution in [0.2, 0.25) is 0 Å². The summed E-state index contributed by atoms with van der Waals surface area (Å²) in [5, 5.41) is 3.81. The normalized spacial score (nSPS) is 39.5. The summed E-state index contributed by atoms with van der Waals surface area (Å²) in [4.78, 5) is 17.6. The molecular weight excluding hydrogens is 306 g/mol. The van der Waals surface area contributed by atoms with Crippen LogP contribution in [0.4, 0.5) is 0 Å². The van der Waals surface area contributed by atoms with Crippen molar-refractivity contribution in [3.8, 4) is 0 Å². The molecule has 128 valence electrons. The van der Waals surface area contributed by atoms with E-state index in [0.717, 1.165) is 69.7 Å². The molecule has 1 saturated heterocycles. The van der Waals surface area contributed by atoms with Crippen molar-refractivity contribution in [1.29, 1.82) is 0 Å². The maximum Gasteiger partial charge on any atom is 0.232 e. The highest BCUT2D eigenvalue weighted by Crippen LogP contribution is 2.60. The van der Waals surface area contributed by atoms with Crippen LogP contribution in [0, 0.1) is 23.2 Å². The van der Waals surface area contributed by atoms with Crippen LogP contribution >= 0.6 is 12.2 Å². The standard InChI is InChI=1S/C18H29N3OS/c1-2-20-3-5-21(6-4-20)17(23)19-16(22)18-10-13-7-14(11-18)9-15(8-13)12-18/h13-15H,2-12H2,1H3,(H,19,22,23). The molecular formula is C18H29N3OS. The molecule has 0 aromatic rings. The Bertz CT molecular complexity index is 463. The van der Waals surface area contributed by atoms with Gasteiger partial charge >= 0.3 is 0 Å². The van der Waals surface area contributed by atoms with E-state index in [-0.39, 0.29) is 11.3 Å². The first-order valence-corrected chi connectivity index (χ1v) is 9.81. The number of piperazine rings is 1. The Hall–Kier alpha value is -0.680. The van der Waals surface area contributed by atoms with Gasteiger partial charge in [-0.05, 0) is 75.0 Å². The van der Waals surface area contributed by atoms with E-state index in [1.165, 1.54) is 19.3 Å². The smallest absolute Gasteiger partial charge is 0.232 e. The molecule has 1 amide bonds. The summed E-state index contributed by atoms with van der Waals surface area (Å²) in [5.41, 5.74) is -0.0932. The predicted octanol–water partition coefficient (Wildman–Crippen LogP) is 2.24. The van der Waals surface area contributed by atoms with Gasteiger partial charge < -0.3 is 15.1 Å². The number of hydrogen-bond acceptors (Lipinski definition) is 3. The lowest BCUT2D eigenvalue weighted by molar-refractivity contribution is -0.144. The lowest BCUT2D eigenvalue weighted by Crippen LogP contribution is -2.58. The molecule has 4 saturated carbocycles. The van der Waals surface area contributed by atoms with Crippen molar-refractivity contribution in [1.82, 2.24) is 15.1 Å². The van der Waals surface area contributed by atoms with E-state index < -0.39 is 0 Å².